The second-order valence-corrected chi connectivity index (χ2v) is 7.86. The molecular formula is C17H24N6O2S. The molecule has 2 aromatic heterocycles. The van der Waals surface area contributed by atoms with Crippen molar-refractivity contribution in [2.75, 3.05) is 44.2 Å². The molecule has 0 aliphatic carbocycles. The first-order valence-corrected chi connectivity index (χ1v) is 10.0. The lowest BCUT2D eigenvalue weighted by atomic mass is 10.1. The predicted octanol–water partition coefficient (Wildman–Crippen LogP) is 0.592. The normalized spacial score (nSPS) is 21.7. The first kappa shape index (κ1) is 17.4. The van der Waals surface area contributed by atoms with Gasteiger partial charge >= 0.3 is 0 Å². The highest BCUT2D eigenvalue weighted by molar-refractivity contribution is 7.20. The summed E-state index contributed by atoms with van der Waals surface area (Å²) in [5, 5.41) is 5.16. The van der Waals surface area contributed by atoms with E-state index in [4.69, 9.17) is 0 Å². The van der Waals surface area contributed by atoms with E-state index in [2.05, 4.69) is 26.8 Å². The van der Waals surface area contributed by atoms with Gasteiger partial charge in [0.05, 0.1) is 0 Å². The van der Waals surface area contributed by atoms with Gasteiger partial charge in [-0.2, -0.15) is 4.52 Å². The number of hydrogen-bond acceptors (Lipinski definition) is 7. The number of likely N-dealkylation sites (N-methyl/N-ethyl adjacent to an activating group) is 1. The van der Waals surface area contributed by atoms with E-state index in [-0.39, 0.29) is 17.5 Å². The number of aryl methyl sites for hydroxylation is 1. The molecule has 9 heteroatoms. The summed E-state index contributed by atoms with van der Waals surface area (Å²) in [6.07, 6.45) is 1.80. The van der Waals surface area contributed by atoms with Crippen molar-refractivity contribution in [3.8, 4) is 0 Å². The third-order valence-electron chi connectivity index (χ3n) is 5.28. The molecule has 26 heavy (non-hydrogen) atoms. The SMILES string of the molecule is CCN1CCN(C(=O)C2CCCN2c2nn3c(=O)cc(C)nc3s2)CC1. The van der Waals surface area contributed by atoms with Crippen molar-refractivity contribution >= 4 is 27.3 Å². The monoisotopic (exact) mass is 376 g/mol. The molecule has 0 saturated carbocycles. The fourth-order valence-corrected chi connectivity index (χ4v) is 4.80. The maximum atomic E-state index is 13.1. The molecule has 0 N–H and O–H groups in total. The zero-order valence-electron chi connectivity index (χ0n) is 15.2. The molecule has 2 aliphatic heterocycles. The van der Waals surface area contributed by atoms with Gasteiger partial charge in [-0.05, 0) is 26.3 Å². The van der Waals surface area contributed by atoms with Crippen LogP contribution in [0.3, 0.4) is 0 Å². The number of carbonyl (C=O) groups excluding carboxylic acids is 1. The van der Waals surface area contributed by atoms with Gasteiger partial charge in [0, 0.05) is 44.5 Å². The lowest BCUT2D eigenvalue weighted by molar-refractivity contribution is -0.134. The number of piperazine rings is 1. The van der Waals surface area contributed by atoms with E-state index < -0.39 is 0 Å². The number of aromatic nitrogens is 3. The van der Waals surface area contributed by atoms with Gasteiger partial charge < -0.3 is 14.7 Å². The average Bonchev–Trinajstić information content (AvgIpc) is 3.27. The Morgan fingerprint density at radius 1 is 1.27 bits per heavy atom. The minimum atomic E-state index is -0.180. The molecule has 2 fully saturated rings. The molecule has 2 aliphatic rings. The quantitative estimate of drug-likeness (QED) is 0.781. The average molecular weight is 376 g/mol. The van der Waals surface area contributed by atoms with Crippen molar-refractivity contribution in [2.24, 2.45) is 0 Å². The van der Waals surface area contributed by atoms with Gasteiger partial charge in [-0.3, -0.25) is 9.59 Å². The molecule has 4 rings (SSSR count). The number of amides is 1. The van der Waals surface area contributed by atoms with E-state index >= 15 is 0 Å². The molecule has 1 amide bonds. The van der Waals surface area contributed by atoms with Crippen LogP contribution < -0.4 is 10.5 Å². The Hall–Kier alpha value is -2.00. The number of anilines is 1. The fourth-order valence-electron chi connectivity index (χ4n) is 3.77. The molecule has 2 aromatic rings. The zero-order valence-corrected chi connectivity index (χ0v) is 16.0. The molecule has 0 radical (unpaired) electrons. The second kappa shape index (κ2) is 6.96. The van der Waals surface area contributed by atoms with Gasteiger partial charge in [-0.25, -0.2) is 4.98 Å². The first-order chi connectivity index (χ1) is 12.6. The predicted molar refractivity (Wildman–Crippen MR) is 101 cm³/mol. The lowest BCUT2D eigenvalue weighted by Crippen LogP contribution is -2.53. The van der Waals surface area contributed by atoms with E-state index in [1.807, 2.05) is 4.90 Å². The van der Waals surface area contributed by atoms with E-state index in [1.54, 1.807) is 6.92 Å². The summed E-state index contributed by atoms with van der Waals surface area (Å²) in [5.41, 5.74) is 0.515. The first-order valence-electron chi connectivity index (χ1n) is 9.22. The number of rotatable bonds is 3. The Morgan fingerprint density at radius 2 is 2.04 bits per heavy atom. The number of fused-ring (bicyclic) bond motifs is 1. The summed E-state index contributed by atoms with van der Waals surface area (Å²) >= 11 is 1.38. The highest BCUT2D eigenvalue weighted by Gasteiger charge is 2.36. The van der Waals surface area contributed by atoms with Crippen LogP contribution in [0.25, 0.3) is 4.96 Å². The molecular weight excluding hydrogens is 352 g/mol. The topological polar surface area (TPSA) is 74.1 Å². The molecule has 8 nitrogen and oxygen atoms in total. The third kappa shape index (κ3) is 3.09. The minimum Gasteiger partial charge on any atom is -0.338 e. The van der Waals surface area contributed by atoms with Gasteiger partial charge in [-0.15, -0.1) is 5.10 Å². The van der Waals surface area contributed by atoms with Crippen LogP contribution in [-0.2, 0) is 4.79 Å². The van der Waals surface area contributed by atoms with E-state index in [9.17, 15) is 9.59 Å². The molecule has 0 aromatic carbocycles. The molecule has 1 atom stereocenters. The molecule has 140 valence electrons. The molecule has 2 saturated heterocycles. The van der Waals surface area contributed by atoms with Gasteiger partial charge in [0.1, 0.15) is 6.04 Å². The third-order valence-corrected chi connectivity index (χ3v) is 6.22. The van der Waals surface area contributed by atoms with Crippen molar-refractivity contribution in [1.29, 1.82) is 0 Å². The Balaban J connectivity index is 1.56. The van der Waals surface area contributed by atoms with Crippen LogP contribution >= 0.6 is 11.3 Å². The summed E-state index contributed by atoms with van der Waals surface area (Å²) in [4.78, 5) is 36.6. The van der Waals surface area contributed by atoms with Crippen LogP contribution in [0.1, 0.15) is 25.5 Å². The highest BCUT2D eigenvalue weighted by Crippen LogP contribution is 2.30. The number of carbonyl (C=O) groups is 1. The highest BCUT2D eigenvalue weighted by atomic mass is 32.1. The minimum absolute atomic E-state index is 0.173. The van der Waals surface area contributed by atoms with Gasteiger partial charge in [0.25, 0.3) is 5.56 Å². The summed E-state index contributed by atoms with van der Waals surface area (Å²) in [6.45, 7) is 9.24. The summed E-state index contributed by atoms with van der Waals surface area (Å²) in [6, 6.07) is 1.30. The lowest BCUT2D eigenvalue weighted by Gasteiger charge is -2.36. The standard InChI is InChI=1S/C17H24N6O2S/c1-3-20-7-9-21(10-8-20)15(25)13-5-4-6-22(13)17-19-23-14(24)11-12(2)18-16(23)26-17/h11,13H,3-10H2,1-2H3. The summed E-state index contributed by atoms with van der Waals surface area (Å²) in [7, 11) is 0. The fraction of sp³-hybridized carbons (Fsp3) is 0.647. The van der Waals surface area contributed by atoms with Crippen molar-refractivity contribution in [3.63, 3.8) is 0 Å². The van der Waals surface area contributed by atoms with Crippen LogP contribution in [0.5, 0.6) is 0 Å². The second-order valence-electron chi connectivity index (χ2n) is 6.93. The summed E-state index contributed by atoms with van der Waals surface area (Å²) < 4.78 is 1.34. The van der Waals surface area contributed by atoms with Crippen molar-refractivity contribution < 1.29 is 4.79 Å². The number of nitrogens with zero attached hydrogens (tertiary/aromatic N) is 6. The van der Waals surface area contributed by atoms with E-state index in [0.29, 0.717) is 15.8 Å². The molecule has 4 heterocycles. The summed E-state index contributed by atoms with van der Waals surface area (Å²) in [5.74, 6) is 0.189. The van der Waals surface area contributed by atoms with Crippen LogP contribution in [0.4, 0.5) is 5.13 Å². The van der Waals surface area contributed by atoms with Crippen molar-refractivity contribution in [1.82, 2.24) is 24.4 Å². The van der Waals surface area contributed by atoms with Crippen molar-refractivity contribution in [2.45, 2.75) is 32.7 Å². The van der Waals surface area contributed by atoms with Crippen molar-refractivity contribution in [3.05, 3.63) is 22.1 Å². The Bertz CT molecular complexity index is 870. The van der Waals surface area contributed by atoms with Gasteiger partial charge in [-0.1, -0.05) is 18.3 Å². The van der Waals surface area contributed by atoms with Crippen LogP contribution in [0, 0.1) is 6.92 Å². The van der Waals surface area contributed by atoms with Gasteiger partial charge in [0.2, 0.25) is 16.0 Å². The Morgan fingerprint density at radius 3 is 2.77 bits per heavy atom. The van der Waals surface area contributed by atoms with Crippen LogP contribution in [-0.4, -0.2) is 75.6 Å². The van der Waals surface area contributed by atoms with E-state index in [0.717, 1.165) is 52.1 Å². The van der Waals surface area contributed by atoms with Crippen LogP contribution in [0.2, 0.25) is 0 Å². The maximum Gasteiger partial charge on any atom is 0.275 e. The van der Waals surface area contributed by atoms with Gasteiger partial charge in [0.15, 0.2) is 0 Å². The zero-order chi connectivity index (χ0) is 18.3. The molecule has 0 bridgehead atoms. The smallest absolute Gasteiger partial charge is 0.275 e. The number of hydrogen-bond donors (Lipinski definition) is 0. The Labute approximate surface area is 156 Å². The molecule has 1 unspecified atom stereocenters. The van der Waals surface area contributed by atoms with E-state index in [1.165, 1.54) is 21.9 Å². The maximum absolute atomic E-state index is 13.1. The van der Waals surface area contributed by atoms with Crippen LogP contribution in [0.15, 0.2) is 10.9 Å². The Kier molecular flexibility index (Phi) is 4.66. The largest absolute Gasteiger partial charge is 0.338 e. The molecule has 0 spiro atoms.